The second kappa shape index (κ2) is 4.54. The zero-order chi connectivity index (χ0) is 10.8. The van der Waals surface area contributed by atoms with Gasteiger partial charge in [0.05, 0.1) is 0 Å². The minimum absolute atomic E-state index is 0.681. The van der Waals surface area contributed by atoms with Crippen LogP contribution in [0.2, 0.25) is 0 Å². The van der Waals surface area contributed by atoms with Crippen LogP contribution in [0.4, 0.5) is 0 Å². The first-order valence-electron chi connectivity index (χ1n) is 6.10. The Kier molecular flexibility index (Phi) is 3.32. The van der Waals surface area contributed by atoms with E-state index < -0.39 is 0 Å². The van der Waals surface area contributed by atoms with E-state index in [9.17, 15) is 0 Å². The summed E-state index contributed by atoms with van der Waals surface area (Å²) in [5.41, 5.74) is 6.86. The van der Waals surface area contributed by atoms with E-state index in [1.807, 2.05) is 13.0 Å². The molecule has 15 heavy (non-hydrogen) atoms. The molecule has 2 saturated heterocycles. The van der Waals surface area contributed by atoms with Gasteiger partial charge in [-0.3, -0.25) is 4.90 Å². The number of hydrogen-bond acceptors (Lipinski definition) is 3. The van der Waals surface area contributed by atoms with E-state index in [0.717, 1.165) is 24.2 Å². The molecule has 0 saturated carbocycles. The van der Waals surface area contributed by atoms with Crippen molar-refractivity contribution in [3.8, 4) is 0 Å². The molecule has 2 heterocycles. The quantitative estimate of drug-likeness (QED) is 0.727. The van der Waals surface area contributed by atoms with Gasteiger partial charge in [0.1, 0.15) is 0 Å². The van der Waals surface area contributed by atoms with Gasteiger partial charge in [0.2, 0.25) is 0 Å². The van der Waals surface area contributed by atoms with Gasteiger partial charge < -0.3 is 11.1 Å². The van der Waals surface area contributed by atoms with Crippen LogP contribution in [0.1, 0.15) is 33.1 Å². The van der Waals surface area contributed by atoms with Crippen LogP contribution in [0, 0.1) is 0 Å². The van der Waals surface area contributed by atoms with Gasteiger partial charge >= 0.3 is 0 Å². The monoisotopic (exact) mass is 209 g/mol. The van der Waals surface area contributed by atoms with Crippen molar-refractivity contribution in [1.29, 1.82) is 0 Å². The summed E-state index contributed by atoms with van der Waals surface area (Å²) >= 11 is 0. The first-order chi connectivity index (χ1) is 7.20. The van der Waals surface area contributed by atoms with E-state index in [1.54, 1.807) is 0 Å². The number of likely N-dealkylation sites (tertiary alicyclic amines) is 1. The second-order valence-corrected chi connectivity index (χ2v) is 4.94. The summed E-state index contributed by atoms with van der Waals surface area (Å²) in [7, 11) is 0. The molecule has 3 nitrogen and oxygen atoms in total. The third kappa shape index (κ3) is 2.34. The van der Waals surface area contributed by atoms with Crippen LogP contribution in [-0.4, -0.2) is 36.1 Å². The molecule has 2 rings (SSSR count). The van der Waals surface area contributed by atoms with Crippen LogP contribution in [0.5, 0.6) is 0 Å². The van der Waals surface area contributed by atoms with E-state index in [1.165, 1.54) is 25.9 Å². The standard InChI is InChI=1S/C12H23N3/c1-3-10(13)5-4-9(2)15-8-11-6-12(15)7-14-11/h3,9,11-12,14H,4-8,13H2,1-2H3/b10-3+/t9?,11-,12-/m0/s1. The number of fused-ring (bicyclic) bond motifs is 2. The molecule has 0 radical (unpaired) electrons. The molecule has 0 aromatic rings. The second-order valence-electron chi connectivity index (χ2n) is 4.94. The number of hydrogen-bond donors (Lipinski definition) is 2. The SMILES string of the molecule is C/C=C(/N)CCC(C)N1C[C@@H]2C[C@H]1CN2. The normalized spacial score (nSPS) is 33.6. The molecule has 0 aliphatic carbocycles. The summed E-state index contributed by atoms with van der Waals surface area (Å²) in [6, 6.07) is 2.23. The average molecular weight is 209 g/mol. The minimum Gasteiger partial charge on any atom is -0.402 e. The highest BCUT2D eigenvalue weighted by atomic mass is 15.3. The fraction of sp³-hybridized carbons (Fsp3) is 0.833. The fourth-order valence-corrected chi connectivity index (χ4v) is 2.82. The van der Waals surface area contributed by atoms with Gasteiger partial charge in [0.15, 0.2) is 0 Å². The zero-order valence-electron chi connectivity index (χ0n) is 9.87. The van der Waals surface area contributed by atoms with Crippen LogP contribution in [0.25, 0.3) is 0 Å². The van der Waals surface area contributed by atoms with Crippen LogP contribution < -0.4 is 11.1 Å². The van der Waals surface area contributed by atoms with Crippen LogP contribution >= 0.6 is 0 Å². The lowest BCUT2D eigenvalue weighted by atomic mass is 10.1. The summed E-state index contributed by atoms with van der Waals surface area (Å²) in [5.74, 6) is 0. The summed E-state index contributed by atoms with van der Waals surface area (Å²) in [4.78, 5) is 2.66. The molecule has 86 valence electrons. The number of piperazine rings is 1. The fourth-order valence-electron chi connectivity index (χ4n) is 2.82. The average Bonchev–Trinajstić information content (AvgIpc) is 2.86. The van der Waals surface area contributed by atoms with Gasteiger partial charge in [0.25, 0.3) is 0 Å². The van der Waals surface area contributed by atoms with Gasteiger partial charge in [-0.15, -0.1) is 0 Å². The molecule has 2 aliphatic rings. The lowest BCUT2D eigenvalue weighted by Gasteiger charge is -2.33. The van der Waals surface area contributed by atoms with E-state index in [4.69, 9.17) is 5.73 Å². The van der Waals surface area contributed by atoms with Crippen molar-refractivity contribution in [3.05, 3.63) is 11.8 Å². The van der Waals surface area contributed by atoms with Crippen molar-refractivity contribution in [3.63, 3.8) is 0 Å². The molecule has 3 heteroatoms. The Bertz CT molecular complexity index is 249. The molecule has 2 aliphatic heterocycles. The number of allylic oxidation sites excluding steroid dienone is 2. The Morgan fingerprint density at radius 3 is 3.00 bits per heavy atom. The largest absolute Gasteiger partial charge is 0.402 e. The first-order valence-corrected chi connectivity index (χ1v) is 6.10. The Hall–Kier alpha value is -0.540. The van der Waals surface area contributed by atoms with Gasteiger partial charge in [-0.25, -0.2) is 0 Å². The van der Waals surface area contributed by atoms with Crippen LogP contribution in [-0.2, 0) is 0 Å². The minimum atomic E-state index is 0.681. The molecule has 0 amide bonds. The Morgan fingerprint density at radius 1 is 1.67 bits per heavy atom. The topological polar surface area (TPSA) is 41.3 Å². The predicted molar refractivity (Wildman–Crippen MR) is 63.5 cm³/mol. The van der Waals surface area contributed by atoms with E-state index in [2.05, 4.69) is 17.1 Å². The van der Waals surface area contributed by atoms with Crippen LogP contribution in [0.3, 0.4) is 0 Å². The van der Waals surface area contributed by atoms with E-state index in [-0.39, 0.29) is 0 Å². The summed E-state index contributed by atoms with van der Waals surface area (Å²) < 4.78 is 0. The number of nitrogens with zero attached hydrogens (tertiary/aromatic N) is 1. The third-order valence-corrected chi connectivity index (χ3v) is 3.89. The van der Waals surface area contributed by atoms with Gasteiger partial charge in [-0.05, 0) is 33.1 Å². The molecule has 2 bridgehead atoms. The number of rotatable bonds is 4. The Morgan fingerprint density at radius 2 is 2.47 bits per heavy atom. The number of nitrogens with two attached hydrogens (primary N) is 1. The zero-order valence-corrected chi connectivity index (χ0v) is 9.87. The lowest BCUT2D eigenvalue weighted by Crippen LogP contribution is -2.47. The Balaban J connectivity index is 1.79. The van der Waals surface area contributed by atoms with Crippen molar-refractivity contribution >= 4 is 0 Å². The van der Waals surface area contributed by atoms with Crippen molar-refractivity contribution in [2.75, 3.05) is 13.1 Å². The molecule has 3 atom stereocenters. The molecule has 0 aromatic carbocycles. The van der Waals surface area contributed by atoms with Gasteiger partial charge in [0, 0.05) is 36.9 Å². The summed E-state index contributed by atoms with van der Waals surface area (Å²) in [6.07, 6.45) is 5.60. The lowest BCUT2D eigenvalue weighted by molar-refractivity contribution is 0.162. The molecular formula is C12H23N3. The van der Waals surface area contributed by atoms with E-state index >= 15 is 0 Å². The highest BCUT2D eigenvalue weighted by Gasteiger charge is 2.39. The third-order valence-electron chi connectivity index (χ3n) is 3.89. The van der Waals surface area contributed by atoms with Gasteiger partial charge in [-0.2, -0.15) is 0 Å². The summed E-state index contributed by atoms with van der Waals surface area (Å²) in [6.45, 7) is 6.78. The maximum absolute atomic E-state index is 5.83. The summed E-state index contributed by atoms with van der Waals surface area (Å²) in [5, 5.41) is 3.54. The van der Waals surface area contributed by atoms with E-state index in [0.29, 0.717) is 6.04 Å². The molecule has 1 unspecified atom stereocenters. The Labute approximate surface area is 92.7 Å². The molecule has 0 aromatic heterocycles. The predicted octanol–water partition coefficient (Wildman–Crippen LogP) is 1.06. The highest BCUT2D eigenvalue weighted by Crippen LogP contribution is 2.26. The smallest absolute Gasteiger partial charge is 0.0239 e. The van der Waals surface area contributed by atoms with Crippen molar-refractivity contribution in [2.24, 2.45) is 5.73 Å². The van der Waals surface area contributed by atoms with Crippen molar-refractivity contribution in [1.82, 2.24) is 10.2 Å². The maximum atomic E-state index is 5.83. The first kappa shape index (κ1) is 11.0. The van der Waals surface area contributed by atoms with Crippen LogP contribution in [0.15, 0.2) is 11.8 Å². The number of nitrogens with one attached hydrogen (secondary N) is 1. The molecule has 0 spiro atoms. The van der Waals surface area contributed by atoms with Crippen molar-refractivity contribution in [2.45, 2.75) is 51.2 Å². The highest BCUT2D eigenvalue weighted by molar-refractivity contribution is 5.00. The van der Waals surface area contributed by atoms with Gasteiger partial charge in [-0.1, -0.05) is 6.08 Å². The van der Waals surface area contributed by atoms with Crippen molar-refractivity contribution < 1.29 is 0 Å². The maximum Gasteiger partial charge on any atom is 0.0239 e. The molecule has 3 N–H and O–H groups in total. The molecule has 2 fully saturated rings. The molecular weight excluding hydrogens is 186 g/mol.